The fourth-order valence-corrected chi connectivity index (χ4v) is 5.56. The maximum absolute atomic E-state index is 6.30. The van der Waals surface area contributed by atoms with Crippen LogP contribution in [-0.4, -0.2) is 26.9 Å². The number of hydrogen-bond acceptors (Lipinski definition) is 7. The molecule has 0 amide bonds. The van der Waals surface area contributed by atoms with Gasteiger partial charge in [0, 0.05) is 11.6 Å². The molecule has 0 radical (unpaired) electrons. The van der Waals surface area contributed by atoms with Crippen molar-refractivity contribution in [1.29, 1.82) is 0 Å². The fraction of sp³-hybridized carbons (Fsp3) is 0.526. The molecule has 0 aliphatic heterocycles. The lowest BCUT2D eigenvalue weighted by atomic mass is 9.98. The highest BCUT2D eigenvalue weighted by Gasteiger charge is 2.25. The van der Waals surface area contributed by atoms with Gasteiger partial charge in [0.05, 0.1) is 26.9 Å². The van der Waals surface area contributed by atoms with Crippen molar-refractivity contribution in [3.05, 3.63) is 54.6 Å². The summed E-state index contributed by atoms with van der Waals surface area (Å²) in [6.07, 6.45) is 15.8. The third-order valence-corrected chi connectivity index (χ3v) is 8.14. The number of nitrogens with two attached hydrogens (primary N) is 1. The van der Waals surface area contributed by atoms with Gasteiger partial charge in [-0.15, -0.1) is 0 Å². The summed E-state index contributed by atoms with van der Waals surface area (Å²) in [5.74, 6) is 7.91. The van der Waals surface area contributed by atoms with Gasteiger partial charge in [0.15, 0.2) is 5.75 Å². The maximum atomic E-state index is 6.30. The SMILES string of the molecule is CCCCCCCCCCOc1ccc(-c2ccc(-c3cc(OON)c(OC(C)CCCCCC)c(OC)c3OC)cc2)cc1. The molecule has 0 saturated heterocycles. The Morgan fingerprint density at radius 2 is 1.16 bits per heavy atom. The Labute approximate surface area is 271 Å². The molecule has 248 valence electrons. The summed E-state index contributed by atoms with van der Waals surface area (Å²) >= 11 is 0. The number of benzene rings is 3. The van der Waals surface area contributed by atoms with Gasteiger partial charge in [0.1, 0.15) is 5.75 Å². The third-order valence-electron chi connectivity index (χ3n) is 8.14. The molecule has 3 aromatic carbocycles. The summed E-state index contributed by atoms with van der Waals surface area (Å²) in [4.78, 5) is 9.94. The Kier molecular flexibility index (Phi) is 16.5. The molecule has 7 nitrogen and oxygen atoms in total. The molecule has 45 heavy (non-hydrogen) atoms. The van der Waals surface area contributed by atoms with Crippen LogP contribution in [0.15, 0.2) is 54.6 Å². The quantitative estimate of drug-likeness (QED) is 0.0641. The summed E-state index contributed by atoms with van der Waals surface area (Å²) in [5.41, 5.74) is 3.89. The van der Waals surface area contributed by atoms with Crippen LogP contribution in [-0.2, 0) is 4.99 Å². The zero-order valence-corrected chi connectivity index (χ0v) is 28.2. The first-order chi connectivity index (χ1) is 22.1. The van der Waals surface area contributed by atoms with Crippen molar-refractivity contribution in [2.45, 2.75) is 110 Å². The summed E-state index contributed by atoms with van der Waals surface area (Å²) in [6.45, 7) is 7.26. The van der Waals surface area contributed by atoms with Gasteiger partial charge < -0.3 is 23.8 Å². The lowest BCUT2D eigenvalue weighted by Gasteiger charge is -2.22. The molecule has 0 aliphatic carbocycles. The van der Waals surface area contributed by atoms with Gasteiger partial charge in [-0.25, -0.2) is 0 Å². The second kappa shape index (κ2) is 20.6. The van der Waals surface area contributed by atoms with Gasteiger partial charge in [-0.3, -0.25) is 0 Å². The Morgan fingerprint density at radius 1 is 0.622 bits per heavy atom. The number of hydrogen-bond donors (Lipinski definition) is 1. The highest BCUT2D eigenvalue weighted by atomic mass is 17.3. The molecular weight excluding hydrogens is 566 g/mol. The Morgan fingerprint density at radius 3 is 1.73 bits per heavy atom. The second-order valence-corrected chi connectivity index (χ2v) is 11.7. The van der Waals surface area contributed by atoms with E-state index < -0.39 is 0 Å². The minimum atomic E-state index is -0.0624. The Balaban J connectivity index is 1.68. The Bertz CT molecular complexity index is 1230. The van der Waals surface area contributed by atoms with Gasteiger partial charge >= 0.3 is 0 Å². The zero-order chi connectivity index (χ0) is 32.3. The van der Waals surface area contributed by atoms with E-state index >= 15 is 0 Å². The monoisotopic (exact) mass is 621 g/mol. The van der Waals surface area contributed by atoms with Gasteiger partial charge in [-0.05, 0) is 55.0 Å². The van der Waals surface area contributed by atoms with Crippen LogP contribution in [0.2, 0.25) is 0 Å². The van der Waals surface area contributed by atoms with E-state index in [1.807, 2.05) is 31.2 Å². The average Bonchev–Trinajstić information content (AvgIpc) is 3.06. The van der Waals surface area contributed by atoms with E-state index in [0.29, 0.717) is 23.0 Å². The average molecular weight is 622 g/mol. The molecule has 0 aromatic heterocycles. The highest BCUT2D eigenvalue weighted by Crippen LogP contribution is 2.51. The largest absolute Gasteiger partial charge is 0.494 e. The summed E-state index contributed by atoms with van der Waals surface area (Å²) < 4.78 is 23.9. The predicted octanol–water partition coefficient (Wildman–Crippen LogP) is 10.5. The zero-order valence-electron chi connectivity index (χ0n) is 28.2. The number of methoxy groups -OCH3 is 2. The van der Waals surface area contributed by atoms with Crippen molar-refractivity contribution in [2.24, 2.45) is 5.90 Å². The Hall–Kier alpha value is -3.42. The van der Waals surface area contributed by atoms with Crippen molar-refractivity contribution in [3.8, 4) is 51.0 Å². The van der Waals surface area contributed by atoms with Crippen LogP contribution in [0.3, 0.4) is 0 Å². The normalized spacial score (nSPS) is 11.7. The molecule has 0 saturated carbocycles. The number of ether oxygens (including phenoxy) is 4. The third kappa shape index (κ3) is 11.5. The smallest absolute Gasteiger partial charge is 0.214 e. The minimum absolute atomic E-state index is 0.0624. The summed E-state index contributed by atoms with van der Waals surface area (Å²) in [6, 6.07) is 18.3. The van der Waals surface area contributed by atoms with Crippen molar-refractivity contribution in [1.82, 2.24) is 0 Å². The van der Waals surface area contributed by atoms with Crippen LogP contribution in [0.25, 0.3) is 22.3 Å². The summed E-state index contributed by atoms with van der Waals surface area (Å²) in [5, 5.41) is 0. The van der Waals surface area contributed by atoms with Crippen molar-refractivity contribution >= 4 is 0 Å². The van der Waals surface area contributed by atoms with Crippen LogP contribution in [0.1, 0.15) is 104 Å². The molecule has 3 rings (SSSR count). The topological polar surface area (TPSA) is 81.4 Å². The van der Waals surface area contributed by atoms with Gasteiger partial charge in [0.25, 0.3) is 0 Å². The number of unbranched alkanes of at least 4 members (excludes halogenated alkanes) is 10. The van der Waals surface area contributed by atoms with E-state index in [2.05, 4.69) is 43.1 Å². The van der Waals surface area contributed by atoms with Crippen LogP contribution >= 0.6 is 0 Å². The van der Waals surface area contributed by atoms with Crippen LogP contribution in [0, 0.1) is 0 Å². The molecule has 0 spiro atoms. The van der Waals surface area contributed by atoms with Crippen LogP contribution in [0.5, 0.6) is 28.7 Å². The van der Waals surface area contributed by atoms with E-state index in [9.17, 15) is 0 Å². The molecule has 0 bridgehead atoms. The van der Waals surface area contributed by atoms with Gasteiger partial charge in [0.2, 0.25) is 17.2 Å². The molecule has 0 heterocycles. The van der Waals surface area contributed by atoms with Crippen LogP contribution < -0.4 is 29.7 Å². The van der Waals surface area contributed by atoms with E-state index in [0.717, 1.165) is 53.9 Å². The molecule has 1 unspecified atom stereocenters. The van der Waals surface area contributed by atoms with E-state index in [1.54, 1.807) is 20.3 Å². The van der Waals surface area contributed by atoms with E-state index in [-0.39, 0.29) is 6.10 Å². The first-order valence-electron chi connectivity index (χ1n) is 16.9. The minimum Gasteiger partial charge on any atom is -0.494 e. The maximum Gasteiger partial charge on any atom is 0.214 e. The first kappa shape index (κ1) is 36.1. The molecule has 7 heteroatoms. The number of rotatable bonds is 23. The highest BCUT2D eigenvalue weighted by molar-refractivity contribution is 5.81. The lowest BCUT2D eigenvalue weighted by Crippen LogP contribution is -2.14. The molecule has 3 aromatic rings. The molecular formula is C38H55NO6. The lowest BCUT2D eigenvalue weighted by molar-refractivity contribution is -0.212. The standard InChI is InChI=1S/C38H55NO6/c1-6-8-10-12-13-14-15-17-27-42-33-25-23-31(24-26-33)30-19-21-32(22-20-30)34-28-35(44-45-39)37(38(41-5)36(34)40-4)43-29(3)18-16-11-9-7-2/h19-26,28-29H,6-18,27,39H2,1-5H3. The molecule has 0 fully saturated rings. The van der Waals surface area contributed by atoms with Crippen molar-refractivity contribution in [2.75, 3.05) is 20.8 Å². The van der Waals surface area contributed by atoms with Crippen molar-refractivity contribution < 1.29 is 28.8 Å². The van der Waals surface area contributed by atoms with E-state index in [4.69, 9.17) is 29.7 Å². The molecule has 2 N–H and O–H groups in total. The van der Waals surface area contributed by atoms with Crippen molar-refractivity contribution in [3.63, 3.8) is 0 Å². The fourth-order valence-electron chi connectivity index (χ4n) is 5.56. The molecule has 1 atom stereocenters. The van der Waals surface area contributed by atoms with Gasteiger partial charge in [-0.1, -0.05) is 119 Å². The van der Waals surface area contributed by atoms with Crippen LogP contribution in [0.4, 0.5) is 0 Å². The first-order valence-corrected chi connectivity index (χ1v) is 16.9. The predicted molar refractivity (Wildman–Crippen MR) is 183 cm³/mol. The summed E-state index contributed by atoms with van der Waals surface area (Å²) in [7, 11) is 3.20. The van der Waals surface area contributed by atoms with E-state index in [1.165, 1.54) is 64.2 Å². The second-order valence-electron chi connectivity index (χ2n) is 11.7. The van der Waals surface area contributed by atoms with Gasteiger partial charge in [-0.2, -0.15) is 5.90 Å². The molecule has 0 aliphatic rings.